The van der Waals surface area contributed by atoms with E-state index in [9.17, 15) is 4.79 Å². The zero-order chi connectivity index (χ0) is 17.6. The van der Waals surface area contributed by atoms with E-state index in [0.717, 1.165) is 12.8 Å². The van der Waals surface area contributed by atoms with E-state index in [1.165, 1.54) is 75.5 Å². The van der Waals surface area contributed by atoms with Crippen LogP contribution in [-0.2, 0) is 18.3 Å². The molecule has 3 heteroatoms. The molecule has 1 aromatic heterocycles. The van der Waals surface area contributed by atoms with E-state index in [2.05, 4.69) is 36.9 Å². The summed E-state index contributed by atoms with van der Waals surface area (Å²) in [5, 5.41) is 8.56. The third-order valence-corrected chi connectivity index (χ3v) is 4.94. The molecule has 1 heterocycles. The molecule has 0 aliphatic rings. The number of aryl methyl sites for hydroxylation is 2. The summed E-state index contributed by atoms with van der Waals surface area (Å²) in [6.07, 6.45) is 17.4. The van der Waals surface area contributed by atoms with Gasteiger partial charge in [0.1, 0.15) is 7.05 Å². The molecule has 136 valence electrons. The molecule has 0 atom stereocenters. The van der Waals surface area contributed by atoms with E-state index < -0.39 is 5.97 Å². The summed E-state index contributed by atoms with van der Waals surface area (Å²) in [5.41, 5.74) is 2.88. The third-order valence-electron chi connectivity index (χ3n) is 4.94. The Bertz CT molecular complexity index is 471. The van der Waals surface area contributed by atoms with E-state index in [1.807, 2.05) is 0 Å². The number of hydrogen-bond donors (Lipinski definition) is 1. The lowest BCUT2D eigenvalue weighted by Gasteiger charge is -2.04. The van der Waals surface area contributed by atoms with Crippen molar-refractivity contribution in [3.63, 3.8) is 0 Å². The number of pyridine rings is 1. The molecule has 0 radical (unpaired) electrons. The van der Waals surface area contributed by atoms with Gasteiger partial charge in [-0.2, -0.15) is 0 Å². The van der Waals surface area contributed by atoms with Crippen molar-refractivity contribution >= 4 is 5.97 Å². The SMILES string of the molecule is Cc1c(CCCCCCCCCCCCCC(=O)O)ccc[n+]1C. The maximum absolute atomic E-state index is 10.4. The normalized spacial score (nSPS) is 10.9. The molecular formula is C21H36NO2+. The largest absolute Gasteiger partial charge is 0.481 e. The van der Waals surface area contributed by atoms with Crippen LogP contribution in [0.1, 0.15) is 88.3 Å². The first kappa shape index (κ1) is 20.7. The predicted octanol–water partition coefficient (Wildman–Crippen LogP) is 5.13. The molecule has 0 aliphatic heterocycles. The maximum atomic E-state index is 10.4. The van der Waals surface area contributed by atoms with Crippen molar-refractivity contribution in [3.05, 3.63) is 29.6 Å². The summed E-state index contributed by atoms with van der Waals surface area (Å²) in [6.45, 7) is 2.21. The van der Waals surface area contributed by atoms with Crippen LogP contribution in [0.25, 0.3) is 0 Å². The fourth-order valence-corrected chi connectivity index (χ4v) is 3.19. The molecule has 1 aromatic rings. The molecule has 24 heavy (non-hydrogen) atoms. The van der Waals surface area contributed by atoms with Crippen molar-refractivity contribution < 1.29 is 14.5 Å². The summed E-state index contributed by atoms with van der Waals surface area (Å²) in [4.78, 5) is 10.4. The Morgan fingerprint density at radius 2 is 1.42 bits per heavy atom. The van der Waals surface area contributed by atoms with Crippen LogP contribution in [0.5, 0.6) is 0 Å². The molecule has 1 rings (SSSR count). The van der Waals surface area contributed by atoms with Gasteiger partial charge in [0.15, 0.2) is 11.9 Å². The number of aliphatic carboxylic acids is 1. The van der Waals surface area contributed by atoms with Gasteiger partial charge < -0.3 is 5.11 Å². The molecule has 0 saturated carbocycles. The Balaban J connectivity index is 1.87. The molecule has 0 saturated heterocycles. The van der Waals surface area contributed by atoms with Gasteiger partial charge in [-0.05, 0) is 25.3 Å². The molecule has 0 spiro atoms. The van der Waals surface area contributed by atoms with Crippen molar-refractivity contribution in [2.75, 3.05) is 0 Å². The molecule has 0 unspecified atom stereocenters. The molecule has 1 N–H and O–H groups in total. The quantitative estimate of drug-likeness (QED) is 0.378. The van der Waals surface area contributed by atoms with E-state index >= 15 is 0 Å². The van der Waals surface area contributed by atoms with Crippen molar-refractivity contribution in [1.29, 1.82) is 0 Å². The van der Waals surface area contributed by atoms with E-state index in [0.29, 0.717) is 6.42 Å². The van der Waals surface area contributed by atoms with Gasteiger partial charge in [-0.3, -0.25) is 4.79 Å². The van der Waals surface area contributed by atoms with E-state index in [1.54, 1.807) is 0 Å². The number of carboxylic acid groups (broad SMARTS) is 1. The van der Waals surface area contributed by atoms with Crippen LogP contribution in [0.15, 0.2) is 18.3 Å². The highest BCUT2D eigenvalue weighted by atomic mass is 16.4. The zero-order valence-electron chi connectivity index (χ0n) is 15.7. The van der Waals surface area contributed by atoms with Crippen LogP contribution in [0.3, 0.4) is 0 Å². The zero-order valence-corrected chi connectivity index (χ0v) is 15.7. The minimum atomic E-state index is -0.661. The lowest BCUT2D eigenvalue weighted by Crippen LogP contribution is -2.32. The van der Waals surface area contributed by atoms with Gasteiger partial charge in [0.05, 0.1) is 0 Å². The standard InChI is InChI=1S/C21H35NO2/c1-19-20(16-14-18-22(19)2)15-12-10-8-6-4-3-5-7-9-11-13-17-21(23)24/h14,16,18H,3-13,15,17H2,1-2H3/p+1. The highest BCUT2D eigenvalue weighted by Crippen LogP contribution is 2.13. The Morgan fingerprint density at radius 1 is 0.917 bits per heavy atom. The summed E-state index contributed by atoms with van der Waals surface area (Å²) in [6, 6.07) is 4.40. The number of carboxylic acids is 1. The Morgan fingerprint density at radius 3 is 1.96 bits per heavy atom. The van der Waals surface area contributed by atoms with Crippen LogP contribution in [-0.4, -0.2) is 11.1 Å². The second kappa shape index (κ2) is 13.0. The molecular weight excluding hydrogens is 298 g/mol. The molecule has 0 amide bonds. The van der Waals surface area contributed by atoms with Crippen molar-refractivity contribution in [2.24, 2.45) is 7.05 Å². The molecule has 3 nitrogen and oxygen atoms in total. The van der Waals surface area contributed by atoms with Gasteiger partial charge in [0.2, 0.25) is 0 Å². The maximum Gasteiger partial charge on any atom is 0.303 e. The van der Waals surface area contributed by atoms with Crippen LogP contribution in [0.4, 0.5) is 0 Å². The van der Waals surface area contributed by atoms with Crippen molar-refractivity contribution in [1.82, 2.24) is 0 Å². The van der Waals surface area contributed by atoms with E-state index in [4.69, 9.17) is 5.11 Å². The van der Waals surface area contributed by atoms with Crippen molar-refractivity contribution in [3.8, 4) is 0 Å². The predicted molar refractivity (Wildman–Crippen MR) is 99.1 cm³/mol. The lowest BCUT2D eigenvalue weighted by molar-refractivity contribution is -0.678. The first-order chi connectivity index (χ1) is 11.6. The van der Waals surface area contributed by atoms with Gasteiger partial charge in [-0.1, -0.05) is 57.8 Å². The van der Waals surface area contributed by atoms with Crippen LogP contribution < -0.4 is 4.57 Å². The molecule has 0 fully saturated rings. The number of nitrogens with zero attached hydrogens (tertiary/aromatic N) is 1. The number of aromatic nitrogens is 1. The first-order valence-electron chi connectivity index (χ1n) is 9.77. The Labute approximate surface area is 148 Å². The molecule has 0 aliphatic carbocycles. The number of carbonyl (C=O) groups is 1. The highest BCUT2D eigenvalue weighted by molar-refractivity contribution is 5.66. The fraction of sp³-hybridized carbons (Fsp3) is 0.714. The van der Waals surface area contributed by atoms with Gasteiger partial charge >= 0.3 is 5.97 Å². The average molecular weight is 335 g/mol. The average Bonchev–Trinajstić information content (AvgIpc) is 2.55. The molecule has 0 aromatic carbocycles. The minimum absolute atomic E-state index is 0.334. The summed E-state index contributed by atoms with van der Waals surface area (Å²) in [5.74, 6) is -0.661. The molecule has 0 bridgehead atoms. The van der Waals surface area contributed by atoms with Gasteiger partial charge in [0, 0.05) is 25.0 Å². The second-order valence-electron chi connectivity index (χ2n) is 7.01. The Kier molecular flexibility index (Phi) is 11.2. The summed E-state index contributed by atoms with van der Waals surface area (Å²) < 4.78 is 2.21. The fourth-order valence-electron chi connectivity index (χ4n) is 3.19. The van der Waals surface area contributed by atoms with Crippen LogP contribution >= 0.6 is 0 Å². The monoisotopic (exact) mass is 334 g/mol. The van der Waals surface area contributed by atoms with Crippen molar-refractivity contribution in [2.45, 2.75) is 90.4 Å². The topological polar surface area (TPSA) is 41.2 Å². The smallest absolute Gasteiger partial charge is 0.303 e. The van der Waals surface area contributed by atoms with Crippen LogP contribution in [0.2, 0.25) is 0 Å². The summed E-state index contributed by atoms with van der Waals surface area (Å²) >= 11 is 0. The first-order valence-corrected chi connectivity index (χ1v) is 9.77. The van der Waals surface area contributed by atoms with Gasteiger partial charge in [-0.15, -0.1) is 0 Å². The number of hydrogen-bond acceptors (Lipinski definition) is 1. The number of unbranched alkanes of at least 4 members (excludes halogenated alkanes) is 10. The van der Waals surface area contributed by atoms with Gasteiger partial charge in [-0.25, -0.2) is 4.57 Å². The van der Waals surface area contributed by atoms with E-state index in [-0.39, 0.29) is 0 Å². The second-order valence-corrected chi connectivity index (χ2v) is 7.01. The lowest BCUT2D eigenvalue weighted by atomic mass is 10.0. The Hall–Kier alpha value is -1.38. The van der Waals surface area contributed by atoms with Crippen LogP contribution in [0, 0.1) is 6.92 Å². The summed E-state index contributed by atoms with van der Waals surface area (Å²) in [7, 11) is 2.12. The third kappa shape index (κ3) is 9.69. The number of rotatable bonds is 14. The van der Waals surface area contributed by atoms with Gasteiger partial charge in [0.25, 0.3) is 0 Å². The highest BCUT2D eigenvalue weighted by Gasteiger charge is 2.06. The minimum Gasteiger partial charge on any atom is -0.481 e.